The number of imide groups is 1. The number of piperazine rings is 1. The van der Waals surface area contributed by atoms with E-state index < -0.39 is 17.8 Å². The van der Waals surface area contributed by atoms with Crippen molar-refractivity contribution in [3.05, 3.63) is 12.4 Å². The van der Waals surface area contributed by atoms with Gasteiger partial charge in [0, 0.05) is 25.7 Å². The summed E-state index contributed by atoms with van der Waals surface area (Å²) in [7, 11) is 1.52. The summed E-state index contributed by atoms with van der Waals surface area (Å²) in [4.78, 5) is 47.1. The minimum Gasteiger partial charge on any atom is -0.480 e. The summed E-state index contributed by atoms with van der Waals surface area (Å²) in [6.45, 7) is 2.86. The summed E-state index contributed by atoms with van der Waals surface area (Å²) in [6, 6.07) is -0.562. The number of nitrogens with zero attached hydrogens (tertiary/aromatic N) is 4. The Balaban J connectivity index is 1.47. The van der Waals surface area contributed by atoms with Crippen LogP contribution in [-0.2, 0) is 9.59 Å². The lowest BCUT2D eigenvalue weighted by Gasteiger charge is -2.34. The zero-order valence-electron chi connectivity index (χ0n) is 16.1. The maximum Gasteiger partial charge on any atom is 0.324 e. The van der Waals surface area contributed by atoms with Crippen LogP contribution in [0.5, 0.6) is 11.8 Å². The number of carbonyl (C=O) groups is 3. The molecule has 1 aliphatic carbocycles. The van der Waals surface area contributed by atoms with Gasteiger partial charge in [-0.2, -0.15) is 4.98 Å². The molecule has 1 aromatic heterocycles. The summed E-state index contributed by atoms with van der Waals surface area (Å²) >= 11 is 0. The van der Waals surface area contributed by atoms with Crippen molar-refractivity contribution in [3.8, 4) is 11.8 Å². The Bertz CT molecular complexity index is 735. The van der Waals surface area contributed by atoms with E-state index in [1.807, 2.05) is 0 Å². The van der Waals surface area contributed by atoms with Crippen LogP contribution < -0.4 is 14.8 Å². The molecule has 1 aromatic rings. The number of hydrogen-bond acceptors (Lipinski definition) is 7. The maximum atomic E-state index is 12.4. The highest BCUT2D eigenvalue weighted by Crippen LogP contribution is 2.23. The molecule has 2 aliphatic rings. The Kier molecular flexibility index (Phi) is 6.27. The molecule has 2 fully saturated rings. The normalized spacial score (nSPS) is 22.8. The molecule has 0 atom stereocenters. The number of aromatic nitrogens is 2. The minimum atomic E-state index is -0.765. The van der Waals surface area contributed by atoms with E-state index in [0.29, 0.717) is 37.7 Å². The van der Waals surface area contributed by atoms with E-state index in [9.17, 15) is 14.4 Å². The fourth-order valence-corrected chi connectivity index (χ4v) is 3.40. The van der Waals surface area contributed by atoms with Crippen LogP contribution in [0.4, 0.5) is 4.79 Å². The number of carbonyl (C=O) groups excluding carboxylic acids is 3. The third kappa shape index (κ3) is 4.49. The Morgan fingerprint density at radius 3 is 2.54 bits per heavy atom. The van der Waals surface area contributed by atoms with E-state index in [1.54, 1.807) is 6.92 Å². The highest BCUT2D eigenvalue weighted by atomic mass is 16.5. The van der Waals surface area contributed by atoms with Gasteiger partial charge in [0.2, 0.25) is 11.8 Å². The topological polar surface area (TPSA) is 114 Å². The van der Waals surface area contributed by atoms with Gasteiger partial charge >= 0.3 is 17.8 Å². The molecule has 0 bridgehead atoms. The molecule has 1 saturated carbocycles. The van der Waals surface area contributed by atoms with Crippen molar-refractivity contribution in [2.45, 2.75) is 44.8 Å². The second-order valence-electron chi connectivity index (χ2n) is 6.78. The van der Waals surface area contributed by atoms with Gasteiger partial charge in [0.05, 0.1) is 19.5 Å². The van der Waals surface area contributed by atoms with Crippen LogP contribution in [0.3, 0.4) is 0 Å². The second kappa shape index (κ2) is 8.85. The summed E-state index contributed by atoms with van der Waals surface area (Å²) in [5, 5.41) is 2.87. The molecule has 0 radical (unpaired) electrons. The first kappa shape index (κ1) is 19.8. The fraction of sp³-hybridized carbons (Fsp3) is 0.611. The summed E-state index contributed by atoms with van der Waals surface area (Å²) in [6.07, 6.45) is 5.92. The first-order valence-electron chi connectivity index (χ1n) is 9.45. The largest absolute Gasteiger partial charge is 0.480 e. The lowest BCUT2D eigenvalue weighted by molar-refractivity contribution is -0.153. The molecule has 1 aliphatic heterocycles. The van der Waals surface area contributed by atoms with Crippen LogP contribution in [0.1, 0.15) is 32.6 Å². The van der Waals surface area contributed by atoms with Gasteiger partial charge in [0.1, 0.15) is 6.10 Å². The van der Waals surface area contributed by atoms with Gasteiger partial charge in [-0.1, -0.05) is 0 Å². The van der Waals surface area contributed by atoms with Crippen LogP contribution >= 0.6 is 0 Å². The van der Waals surface area contributed by atoms with E-state index in [1.165, 1.54) is 24.4 Å². The second-order valence-corrected chi connectivity index (χ2v) is 6.78. The van der Waals surface area contributed by atoms with E-state index in [0.717, 1.165) is 17.7 Å². The van der Waals surface area contributed by atoms with Crippen molar-refractivity contribution in [1.82, 2.24) is 25.1 Å². The number of amides is 4. The highest BCUT2D eigenvalue weighted by molar-refractivity contribution is 6.38. The van der Waals surface area contributed by atoms with Crippen molar-refractivity contribution in [3.63, 3.8) is 0 Å². The minimum absolute atomic E-state index is 0.0223. The van der Waals surface area contributed by atoms with Crippen molar-refractivity contribution in [2.75, 3.05) is 26.7 Å². The van der Waals surface area contributed by atoms with Crippen molar-refractivity contribution >= 4 is 17.8 Å². The van der Waals surface area contributed by atoms with Crippen LogP contribution in [0.2, 0.25) is 0 Å². The molecule has 3 rings (SSSR count). The Hall–Kier alpha value is -2.91. The highest BCUT2D eigenvalue weighted by Gasteiger charge is 2.36. The molecule has 10 nitrogen and oxygen atoms in total. The Morgan fingerprint density at radius 1 is 1.14 bits per heavy atom. The smallest absolute Gasteiger partial charge is 0.324 e. The molecular weight excluding hydrogens is 366 g/mol. The average Bonchev–Trinajstić information content (AvgIpc) is 2.71. The van der Waals surface area contributed by atoms with Crippen molar-refractivity contribution in [2.24, 2.45) is 0 Å². The predicted molar refractivity (Wildman–Crippen MR) is 97.8 cm³/mol. The summed E-state index contributed by atoms with van der Waals surface area (Å²) < 4.78 is 10.9. The van der Waals surface area contributed by atoms with Crippen LogP contribution in [-0.4, -0.2) is 76.5 Å². The number of rotatable bonds is 5. The third-order valence-corrected chi connectivity index (χ3v) is 5.02. The number of hydrogen-bond donors (Lipinski definition) is 1. The van der Waals surface area contributed by atoms with Crippen molar-refractivity contribution < 1.29 is 23.9 Å². The van der Waals surface area contributed by atoms with E-state index in [2.05, 4.69) is 15.3 Å². The zero-order valence-corrected chi connectivity index (χ0v) is 16.1. The first-order chi connectivity index (χ1) is 13.5. The molecular formula is C18H25N5O5. The lowest BCUT2D eigenvalue weighted by Crippen LogP contribution is -2.59. The molecule has 152 valence electrons. The predicted octanol–water partition coefficient (Wildman–Crippen LogP) is 0.575. The SMILES string of the molecule is CCN1CCN(C(=O)NC2CCC(Oc3cncc(OC)n3)CC2)C(=O)C1=O. The Morgan fingerprint density at radius 2 is 1.86 bits per heavy atom. The standard InChI is InChI=1S/C18H25N5O5/c1-3-22-8-9-23(17(25)16(22)24)18(26)20-12-4-6-13(7-5-12)28-15-11-19-10-14(21-15)27-2/h10-13H,3-9H2,1-2H3,(H,20,26). The molecule has 1 saturated heterocycles. The molecule has 0 unspecified atom stereocenters. The fourth-order valence-electron chi connectivity index (χ4n) is 3.40. The summed E-state index contributed by atoms with van der Waals surface area (Å²) in [5.41, 5.74) is 0. The van der Waals surface area contributed by atoms with Gasteiger partial charge in [-0.05, 0) is 32.6 Å². The van der Waals surface area contributed by atoms with Gasteiger partial charge in [-0.15, -0.1) is 0 Å². The average molecular weight is 391 g/mol. The molecule has 10 heteroatoms. The van der Waals surface area contributed by atoms with Gasteiger partial charge < -0.3 is 19.7 Å². The summed E-state index contributed by atoms with van der Waals surface area (Å²) in [5.74, 6) is -0.592. The zero-order chi connectivity index (χ0) is 20.1. The van der Waals surface area contributed by atoms with Gasteiger partial charge in [-0.25, -0.2) is 4.79 Å². The lowest BCUT2D eigenvalue weighted by atomic mass is 9.93. The van der Waals surface area contributed by atoms with Gasteiger partial charge in [-0.3, -0.25) is 19.5 Å². The Labute approximate surface area is 163 Å². The number of nitrogens with one attached hydrogen (secondary N) is 1. The van der Waals surface area contributed by atoms with E-state index in [-0.39, 0.29) is 18.7 Å². The maximum absolute atomic E-state index is 12.4. The van der Waals surface area contributed by atoms with Crippen LogP contribution in [0.15, 0.2) is 12.4 Å². The van der Waals surface area contributed by atoms with E-state index in [4.69, 9.17) is 9.47 Å². The first-order valence-corrected chi connectivity index (χ1v) is 9.45. The number of likely N-dealkylation sites (N-methyl/N-ethyl adjacent to an activating group) is 1. The molecule has 0 aromatic carbocycles. The third-order valence-electron chi connectivity index (χ3n) is 5.02. The molecule has 28 heavy (non-hydrogen) atoms. The van der Waals surface area contributed by atoms with E-state index >= 15 is 0 Å². The molecule has 0 spiro atoms. The van der Waals surface area contributed by atoms with Crippen LogP contribution in [0.25, 0.3) is 0 Å². The van der Waals surface area contributed by atoms with Gasteiger partial charge in [0.25, 0.3) is 0 Å². The number of ether oxygens (including phenoxy) is 2. The molecule has 4 amide bonds. The molecule has 1 N–H and O–H groups in total. The van der Waals surface area contributed by atoms with Gasteiger partial charge in [0.15, 0.2) is 0 Å². The van der Waals surface area contributed by atoms with Crippen LogP contribution in [0, 0.1) is 0 Å². The quantitative estimate of drug-likeness (QED) is 0.730. The van der Waals surface area contributed by atoms with Crippen molar-refractivity contribution in [1.29, 1.82) is 0 Å². The number of methoxy groups -OCH3 is 1. The molecule has 2 heterocycles. The monoisotopic (exact) mass is 391 g/mol. The number of urea groups is 1.